The maximum atomic E-state index is 5.84. The summed E-state index contributed by atoms with van der Waals surface area (Å²) in [6, 6.07) is 19.2. The van der Waals surface area contributed by atoms with Crippen molar-refractivity contribution >= 4 is 10.9 Å². The van der Waals surface area contributed by atoms with Crippen LogP contribution in [-0.2, 0) is 12.0 Å². The minimum absolute atomic E-state index is 0.0872. The van der Waals surface area contributed by atoms with Crippen molar-refractivity contribution in [2.24, 2.45) is 0 Å². The molecule has 0 N–H and O–H groups in total. The number of aryl methyl sites for hydroxylation is 1. The van der Waals surface area contributed by atoms with Gasteiger partial charge in [0.05, 0.1) is 39.9 Å². The Bertz CT molecular complexity index is 1400. The Kier molecular flexibility index (Phi) is 7.63. The van der Waals surface area contributed by atoms with Crippen LogP contribution in [0.5, 0.6) is 23.0 Å². The number of benzene rings is 3. The SMILES string of the molecule is CCC[n+]1cc(-c2cc(OC)c(OC)c(-c3ccc(C(C)(C)C)cc3)c2)cc2cc(OC)c(OC)cc21. The van der Waals surface area contributed by atoms with Crippen molar-refractivity contribution in [3.63, 3.8) is 0 Å². The van der Waals surface area contributed by atoms with Gasteiger partial charge in [0.15, 0.2) is 29.2 Å². The lowest BCUT2D eigenvalue weighted by molar-refractivity contribution is -0.670. The van der Waals surface area contributed by atoms with Gasteiger partial charge in [0.2, 0.25) is 5.52 Å². The average molecular weight is 501 g/mol. The van der Waals surface area contributed by atoms with Gasteiger partial charge in [-0.3, -0.25) is 0 Å². The molecule has 0 saturated heterocycles. The second-order valence-electron chi connectivity index (χ2n) is 10.3. The van der Waals surface area contributed by atoms with Crippen LogP contribution in [0.3, 0.4) is 0 Å². The van der Waals surface area contributed by atoms with Crippen molar-refractivity contribution in [3.8, 4) is 45.3 Å². The summed E-state index contributed by atoms with van der Waals surface area (Å²) in [5.41, 5.74) is 6.69. The van der Waals surface area contributed by atoms with Gasteiger partial charge < -0.3 is 18.9 Å². The molecule has 0 bridgehead atoms. The zero-order valence-corrected chi connectivity index (χ0v) is 23.3. The first-order valence-electron chi connectivity index (χ1n) is 12.7. The highest BCUT2D eigenvalue weighted by Crippen LogP contribution is 2.43. The summed E-state index contributed by atoms with van der Waals surface area (Å²) >= 11 is 0. The fourth-order valence-corrected chi connectivity index (χ4v) is 4.77. The van der Waals surface area contributed by atoms with Crippen molar-refractivity contribution in [1.82, 2.24) is 0 Å². The van der Waals surface area contributed by atoms with E-state index >= 15 is 0 Å². The molecular weight excluding hydrogens is 462 g/mol. The normalized spacial score (nSPS) is 11.5. The maximum Gasteiger partial charge on any atom is 0.216 e. The number of hydrogen-bond donors (Lipinski definition) is 0. The molecule has 0 aliphatic rings. The molecule has 0 aliphatic heterocycles. The average Bonchev–Trinajstić information content (AvgIpc) is 2.91. The van der Waals surface area contributed by atoms with E-state index in [0.717, 1.165) is 57.6 Å². The Morgan fingerprint density at radius 1 is 0.676 bits per heavy atom. The summed E-state index contributed by atoms with van der Waals surface area (Å²) in [5, 5.41) is 1.08. The van der Waals surface area contributed by atoms with E-state index in [1.54, 1.807) is 28.4 Å². The van der Waals surface area contributed by atoms with Crippen molar-refractivity contribution in [2.75, 3.05) is 28.4 Å². The minimum Gasteiger partial charge on any atom is -0.493 e. The Labute approximate surface area is 220 Å². The van der Waals surface area contributed by atoms with Crippen molar-refractivity contribution in [3.05, 3.63) is 66.4 Å². The zero-order chi connectivity index (χ0) is 26.7. The van der Waals surface area contributed by atoms with Crippen molar-refractivity contribution < 1.29 is 23.5 Å². The molecule has 0 amide bonds. The molecule has 0 saturated carbocycles. The van der Waals surface area contributed by atoms with E-state index in [0.29, 0.717) is 11.5 Å². The molecule has 4 aromatic rings. The van der Waals surface area contributed by atoms with Gasteiger partial charge in [-0.05, 0) is 46.4 Å². The van der Waals surface area contributed by atoms with Crippen LogP contribution in [0, 0.1) is 0 Å². The van der Waals surface area contributed by atoms with Crippen molar-refractivity contribution in [1.29, 1.82) is 0 Å². The highest BCUT2D eigenvalue weighted by molar-refractivity contribution is 5.87. The Balaban J connectivity index is 1.94. The summed E-state index contributed by atoms with van der Waals surface area (Å²) in [4.78, 5) is 0. The van der Waals surface area contributed by atoms with E-state index in [1.165, 1.54) is 5.56 Å². The van der Waals surface area contributed by atoms with Gasteiger partial charge >= 0.3 is 0 Å². The second kappa shape index (κ2) is 10.7. The van der Waals surface area contributed by atoms with Crippen LogP contribution in [0.1, 0.15) is 39.7 Å². The van der Waals surface area contributed by atoms with Gasteiger partial charge in [0.1, 0.15) is 6.54 Å². The van der Waals surface area contributed by atoms with E-state index < -0.39 is 0 Å². The predicted octanol–water partition coefficient (Wildman–Crippen LogP) is 7.20. The number of pyridine rings is 1. The lowest BCUT2D eigenvalue weighted by Gasteiger charge is -2.20. The second-order valence-corrected chi connectivity index (χ2v) is 10.3. The van der Waals surface area contributed by atoms with Crippen LogP contribution < -0.4 is 23.5 Å². The smallest absolute Gasteiger partial charge is 0.216 e. The first-order chi connectivity index (χ1) is 17.7. The van der Waals surface area contributed by atoms with Crippen LogP contribution in [0.25, 0.3) is 33.2 Å². The quantitative estimate of drug-likeness (QED) is 0.240. The minimum atomic E-state index is 0.0872. The zero-order valence-electron chi connectivity index (χ0n) is 23.3. The molecule has 4 rings (SSSR count). The van der Waals surface area contributed by atoms with Gasteiger partial charge in [0.25, 0.3) is 0 Å². The molecule has 3 aromatic carbocycles. The van der Waals surface area contributed by atoms with Crippen LogP contribution in [0.4, 0.5) is 0 Å². The molecule has 0 aliphatic carbocycles. The summed E-state index contributed by atoms with van der Waals surface area (Å²) in [7, 11) is 6.71. The van der Waals surface area contributed by atoms with Gasteiger partial charge in [-0.1, -0.05) is 52.0 Å². The molecule has 194 valence electrons. The van der Waals surface area contributed by atoms with Crippen LogP contribution in [-0.4, -0.2) is 28.4 Å². The van der Waals surface area contributed by atoms with E-state index in [4.69, 9.17) is 18.9 Å². The molecular formula is C32H38NO4+. The summed E-state index contributed by atoms with van der Waals surface area (Å²) < 4.78 is 25.1. The largest absolute Gasteiger partial charge is 0.493 e. The highest BCUT2D eigenvalue weighted by Gasteiger charge is 2.21. The fourth-order valence-electron chi connectivity index (χ4n) is 4.77. The molecule has 0 unspecified atom stereocenters. The summed E-state index contributed by atoms with van der Waals surface area (Å²) in [6.07, 6.45) is 3.21. The van der Waals surface area contributed by atoms with E-state index in [9.17, 15) is 0 Å². The monoisotopic (exact) mass is 500 g/mol. The Morgan fingerprint density at radius 2 is 1.32 bits per heavy atom. The molecule has 37 heavy (non-hydrogen) atoms. The molecule has 0 radical (unpaired) electrons. The van der Waals surface area contributed by atoms with Gasteiger partial charge in [-0.2, -0.15) is 4.57 Å². The number of fused-ring (bicyclic) bond motifs is 1. The van der Waals surface area contributed by atoms with E-state index in [2.05, 4.69) is 74.9 Å². The van der Waals surface area contributed by atoms with Crippen LogP contribution in [0.2, 0.25) is 0 Å². The van der Waals surface area contributed by atoms with Crippen LogP contribution in [0.15, 0.2) is 60.8 Å². The van der Waals surface area contributed by atoms with E-state index in [-0.39, 0.29) is 5.41 Å². The number of aromatic nitrogens is 1. The maximum absolute atomic E-state index is 5.84. The van der Waals surface area contributed by atoms with Gasteiger partial charge in [-0.25, -0.2) is 0 Å². The third-order valence-corrected chi connectivity index (χ3v) is 6.79. The van der Waals surface area contributed by atoms with Crippen molar-refractivity contribution in [2.45, 2.75) is 46.1 Å². The number of rotatable bonds is 8. The third kappa shape index (κ3) is 5.22. The first kappa shape index (κ1) is 26.3. The van der Waals surface area contributed by atoms with Gasteiger partial charge in [-0.15, -0.1) is 0 Å². The number of ether oxygens (including phenoxy) is 4. The topological polar surface area (TPSA) is 40.8 Å². The molecule has 1 aromatic heterocycles. The lowest BCUT2D eigenvalue weighted by atomic mass is 9.86. The molecule has 5 nitrogen and oxygen atoms in total. The van der Waals surface area contributed by atoms with Crippen LogP contribution >= 0.6 is 0 Å². The predicted molar refractivity (Wildman–Crippen MR) is 150 cm³/mol. The molecule has 5 heteroatoms. The standard InChI is InChI=1S/C32H38NO4/c1-9-14-33-20-24(15-23-18-28(34-5)29(35-6)19-27(23)33)22-16-26(31(37-8)30(17-22)36-7)21-10-12-25(13-11-21)32(2,3)4/h10-13,15-20H,9,14H2,1-8H3/q+1. The van der Waals surface area contributed by atoms with Gasteiger partial charge in [0, 0.05) is 17.5 Å². The molecule has 0 fully saturated rings. The first-order valence-corrected chi connectivity index (χ1v) is 12.7. The summed E-state index contributed by atoms with van der Waals surface area (Å²) in [6.45, 7) is 9.74. The molecule has 1 heterocycles. The fraction of sp³-hybridized carbons (Fsp3) is 0.344. The lowest BCUT2D eigenvalue weighted by Crippen LogP contribution is -2.34. The third-order valence-electron chi connectivity index (χ3n) is 6.79. The van der Waals surface area contributed by atoms with E-state index in [1.807, 2.05) is 18.2 Å². The number of hydrogen-bond acceptors (Lipinski definition) is 4. The molecule has 0 atom stereocenters. The number of nitrogens with zero attached hydrogens (tertiary/aromatic N) is 1. The highest BCUT2D eigenvalue weighted by atomic mass is 16.5. The number of methoxy groups -OCH3 is 4. The molecule has 0 spiro atoms. The Morgan fingerprint density at radius 3 is 1.89 bits per heavy atom. The Hall–Kier alpha value is -3.73. The summed E-state index contributed by atoms with van der Waals surface area (Å²) in [5.74, 6) is 2.86.